The summed E-state index contributed by atoms with van der Waals surface area (Å²) >= 11 is 0. The number of carbonyl (C=O) groups is 2. The fraction of sp³-hybridized carbons (Fsp3) is 0.579. The summed E-state index contributed by atoms with van der Waals surface area (Å²) < 4.78 is 5.46. The van der Waals surface area contributed by atoms with Crippen molar-refractivity contribution in [1.29, 1.82) is 0 Å². The van der Waals surface area contributed by atoms with Crippen LogP contribution in [-0.4, -0.2) is 68.0 Å². The second-order valence-corrected chi connectivity index (χ2v) is 6.73. The Morgan fingerprint density at radius 3 is 2.68 bits per heavy atom. The summed E-state index contributed by atoms with van der Waals surface area (Å²) in [6.45, 7) is 4.40. The van der Waals surface area contributed by atoms with Gasteiger partial charge in [0.2, 0.25) is 5.91 Å². The summed E-state index contributed by atoms with van der Waals surface area (Å²) in [5.41, 5.74) is 1.16. The van der Waals surface area contributed by atoms with Gasteiger partial charge in [0.1, 0.15) is 5.75 Å². The molecule has 1 aromatic carbocycles. The van der Waals surface area contributed by atoms with Crippen molar-refractivity contribution in [2.45, 2.75) is 32.2 Å². The fourth-order valence-corrected chi connectivity index (χ4v) is 3.02. The van der Waals surface area contributed by atoms with Crippen LogP contribution in [0.1, 0.15) is 24.8 Å². The van der Waals surface area contributed by atoms with E-state index < -0.39 is 0 Å². The van der Waals surface area contributed by atoms with Crippen molar-refractivity contribution in [3.8, 4) is 5.75 Å². The van der Waals surface area contributed by atoms with Gasteiger partial charge in [0, 0.05) is 27.2 Å². The maximum Gasteiger partial charge on any atom is 0.257 e. The van der Waals surface area contributed by atoms with Crippen LogP contribution in [0.3, 0.4) is 0 Å². The smallest absolute Gasteiger partial charge is 0.257 e. The number of hydrogen-bond donors (Lipinski definition) is 1. The van der Waals surface area contributed by atoms with E-state index in [4.69, 9.17) is 4.74 Å². The Balaban J connectivity index is 1.62. The van der Waals surface area contributed by atoms with Gasteiger partial charge in [0.05, 0.1) is 6.04 Å². The van der Waals surface area contributed by atoms with E-state index in [-0.39, 0.29) is 24.5 Å². The molecule has 1 aliphatic rings. The highest BCUT2D eigenvalue weighted by Gasteiger charge is 2.30. The molecule has 1 aromatic rings. The first-order chi connectivity index (χ1) is 12.0. The SMILES string of the molecule is Cc1ccc(OCC(=O)NCCCN2CCCC2C(=O)N(C)C)cc1. The minimum Gasteiger partial charge on any atom is -0.484 e. The highest BCUT2D eigenvalue weighted by Crippen LogP contribution is 2.18. The van der Waals surface area contributed by atoms with E-state index >= 15 is 0 Å². The van der Waals surface area contributed by atoms with Gasteiger partial charge in [-0.15, -0.1) is 0 Å². The lowest BCUT2D eigenvalue weighted by Gasteiger charge is -2.26. The number of ether oxygens (including phenoxy) is 1. The van der Waals surface area contributed by atoms with Crippen molar-refractivity contribution in [3.05, 3.63) is 29.8 Å². The molecule has 1 atom stereocenters. The van der Waals surface area contributed by atoms with Gasteiger partial charge in [-0.3, -0.25) is 14.5 Å². The van der Waals surface area contributed by atoms with E-state index in [0.29, 0.717) is 12.3 Å². The minimum atomic E-state index is -0.122. The van der Waals surface area contributed by atoms with Gasteiger partial charge in [-0.1, -0.05) is 17.7 Å². The molecule has 2 amide bonds. The lowest BCUT2D eigenvalue weighted by molar-refractivity contribution is -0.133. The Morgan fingerprint density at radius 2 is 2.00 bits per heavy atom. The van der Waals surface area contributed by atoms with E-state index in [1.54, 1.807) is 19.0 Å². The summed E-state index contributed by atoms with van der Waals surface area (Å²) in [6.07, 6.45) is 2.81. The number of aryl methyl sites for hydroxylation is 1. The Morgan fingerprint density at radius 1 is 1.28 bits per heavy atom. The van der Waals surface area contributed by atoms with Gasteiger partial charge in [0.25, 0.3) is 5.91 Å². The number of nitrogens with one attached hydrogen (secondary N) is 1. The molecule has 0 radical (unpaired) electrons. The number of hydrogen-bond acceptors (Lipinski definition) is 4. The maximum absolute atomic E-state index is 12.1. The molecule has 2 rings (SSSR count). The van der Waals surface area contributed by atoms with Crippen molar-refractivity contribution < 1.29 is 14.3 Å². The van der Waals surface area contributed by atoms with Crippen LogP contribution in [-0.2, 0) is 9.59 Å². The van der Waals surface area contributed by atoms with Crippen molar-refractivity contribution in [2.24, 2.45) is 0 Å². The topological polar surface area (TPSA) is 61.9 Å². The number of rotatable bonds is 8. The summed E-state index contributed by atoms with van der Waals surface area (Å²) in [5, 5.41) is 2.87. The summed E-state index contributed by atoms with van der Waals surface area (Å²) in [7, 11) is 3.60. The van der Waals surface area contributed by atoms with Crippen LogP contribution in [0, 0.1) is 6.92 Å². The second-order valence-electron chi connectivity index (χ2n) is 6.73. The number of likely N-dealkylation sites (tertiary alicyclic amines) is 1. The van der Waals surface area contributed by atoms with Crippen LogP contribution in [0.4, 0.5) is 0 Å². The van der Waals surface area contributed by atoms with Gasteiger partial charge >= 0.3 is 0 Å². The molecule has 0 spiro atoms. The van der Waals surface area contributed by atoms with Gasteiger partial charge < -0.3 is 15.0 Å². The van der Waals surface area contributed by atoms with Crippen molar-refractivity contribution in [2.75, 3.05) is 40.3 Å². The zero-order valence-electron chi connectivity index (χ0n) is 15.5. The van der Waals surface area contributed by atoms with Gasteiger partial charge in [-0.05, 0) is 44.9 Å². The average molecular weight is 347 g/mol. The zero-order valence-corrected chi connectivity index (χ0v) is 15.5. The Kier molecular flexibility index (Phi) is 7.25. The van der Waals surface area contributed by atoms with E-state index in [1.165, 1.54) is 0 Å². The van der Waals surface area contributed by atoms with Gasteiger partial charge in [-0.2, -0.15) is 0 Å². The van der Waals surface area contributed by atoms with E-state index in [0.717, 1.165) is 37.9 Å². The summed E-state index contributed by atoms with van der Waals surface area (Å²) in [5.74, 6) is 0.749. The van der Waals surface area contributed by atoms with Gasteiger partial charge in [0.15, 0.2) is 6.61 Å². The fourth-order valence-electron chi connectivity index (χ4n) is 3.02. The van der Waals surface area contributed by atoms with Crippen LogP contribution in [0.5, 0.6) is 5.75 Å². The average Bonchev–Trinajstić information content (AvgIpc) is 3.05. The third-order valence-corrected chi connectivity index (χ3v) is 4.42. The van der Waals surface area contributed by atoms with E-state index in [1.807, 2.05) is 31.2 Å². The lowest BCUT2D eigenvalue weighted by atomic mass is 10.2. The number of amides is 2. The first-order valence-electron chi connectivity index (χ1n) is 8.89. The molecule has 6 heteroatoms. The summed E-state index contributed by atoms with van der Waals surface area (Å²) in [6, 6.07) is 7.62. The third kappa shape index (κ3) is 6.05. The van der Waals surface area contributed by atoms with Crippen LogP contribution >= 0.6 is 0 Å². The van der Waals surface area contributed by atoms with Crippen molar-refractivity contribution >= 4 is 11.8 Å². The molecule has 0 aromatic heterocycles. The van der Waals surface area contributed by atoms with Crippen LogP contribution < -0.4 is 10.1 Å². The normalized spacial score (nSPS) is 17.3. The molecular weight excluding hydrogens is 318 g/mol. The maximum atomic E-state index is 12.1. The Bertz CT molecular complexity index is 572. The van der Waals surface area contributed by atoms with Crippen LogP contribution in [0.15, 0.2) is 24.3 Å². The van der Waals surface area contributed by atoms with E-state index in [2.05, 4.69) is 10.2 Å². The largest absolute Gasteiger partial charge is 0.484 e. The number of likely N-dealkylation sites (N-methyl/N-ethyl adjacent to an activating group) is 1. The number of benzene rings is 1. The molecule has 1 N–H and O–H groups in total. The molecule has 1 aliphatic heterocycles. The monoisotopic (exact) mass is 347 g/mol. The Hall–Kier alpha value is -2.08. The molecule has 0 bridgehead atoms. The minimum absolute atomic E-state index is 0.00410. The summed E-state index contributed by atoms with van der Waals surface area (Å²) in [4.78, 5) is 27.8. The number of carbonyl (C=O) groups excluding carboxylic acids is 2. The predicted molar refractivity (Wildman–Crippen MR) is 97.6 cm³/mol. The van der Waals surface area contributed by atoms with Crippen molar-refractivity contribution in [1.82, 2.24) is 15.1 Å². The molecule has 25 heavy (non-hydrogen) atoms. The van der Waals surface area contributed by atoms with Crippen molar-refractivity contribution in [3.63, 3.8) is 0 Å². The standard InChI is InChI=1S/C19H29N3O3/c1-15-7-9-16(10-8-15)25-14-18(23)20-11-5-13-22-12-4-6-17(22)19(24)21(2)3/h7-10,17H,4-6,11-14H2,1-3H3,(H,20,23). The lowest BCUT2D eigenvalue weighted by Crippen LogP contribution is -2.43. The highest BCUT2D eigenvalue weighted by molar-refractivity contribution is 5.81. The molecule has 1 heterocycles. The molecule has 0 saturated carbocycles. The number of nitrogens with zero attached hydrogens (tertiary/aromatic N) is 2. The van der Waals surface area contributed by atoms with E-state index in [9.17, 15) is 9.59 Å². The van der Waals surface area contributed by atoms with Crippen LogP contribution in [0.25, 0.3) is 0 Å². The first kappa shape index (κ1) is 19.2. The molecule has 1 saturated heterocycles. The predicted octanol–water partition coefficient (Wildman–Crippen LogP) is 1.43. The molecule has 138 valence electrons. The second kappa shape index (κ2) is 9.42. The first-order valence-corrected chi connectivity index (χ1v) is 8.89. The Labute approximate surface area is 150 Å². The highest BCUT2D eigenvalue weighted by atomic mass is 16.5. The third-order valence-electron chi connectivity index (χ3n) is 4.42. The van der Waals surface area contributed by atoms with Gasteiger partial charge in [-0.25, -0.2) is 0 Å². The molecule has 6 nitrogen and oxygen atoms in total. The quantitative estimate of drug-likeness (QED) is 0.723. The zero-order chi connectivity index (χ0) is 18.2. The molecule has 1 unspecified atom stereocenters. The molecule has 0 aliphatic carbocycles. The molecule has 1 fully saturated rings. The molecular formula is C19H29N3O3. The van der Waals surface area contributed by atoms with Crippen LogP contribution in [0.2, 0.25) is 0 Å².